The van der Waals surface area contributed by atoms with Crippen LogP contribution in [0.15, 0.2) is 41.3 Å². The Kier molecular flexibility index (Phi) is 4.22. The maximum atomic E-state index is 13.6. The molecule has 0 aromatic heterocycles. The number of hydrogen-bond donors (Lipinski definition) is 1. The van der Waals surface area contributed by atoms with E-state index in [1.807, 2.05) is 0 Å². The Morgan fingerprint density at radius 2 is 1.80 bits per heavy atom. The summed E-state index contributed by atoms with van der Waals surface area (Å²) in [6.07, 6.45) is 0. The normalized spacial score (nSPS) is 11.6. The maximum absolute atomic E-state index is 13.6. The summed E-state index contributed by atoms with van der Waals surface area (Å²) in [5.74, 6) is -1.13. The largest absolute Gasteiger partial charge is 0.398 e. The van der Waals surface area contributed by atoms with Gasteiger partial charge in [0.2, 0.25) is 0 Å². The van der Waals surface area contributed by atoms with Crippen LogP contribution in [0.4, 0.5) is 10.1 Å². The summed E-state index contributed by atoms with van der Waals surface area (Å²) in [7, 11) is -3.73. The van der Waals surface area contributed by atoms with Gasteiger partial charge < -0.3 is 5.73 Å². The fourth-order valence-corrected chi connectivity index (χ4v) is 3.45. The molecule has 2 N–H and O–H groups in total. The van der Waals surface area contributed by atoms with Crippen molar-refractivity contribution in [3.8, 4) is 0 Å². The van der Waals surface area contributed by atoms with Crippen LogP contribution in [0.1, 0.15) is 5.56 Å². The summed E-state index contributed by atoms with van der Waals surface area (Å²) >= 11 is 11.5. The molecule has 20 heavy (non-hydrogen) atoms. The Labute approximate surface area is 126 Å². The van der Waals surface area contributed by atoms with Crippen molar-refractivity contribution in [3.05, 3.63) is 57.8 Å². The molecule has 0 atom stereocenters. The molecule has 0 radical (unpaired) electrons. The van der Waals surface area contributed by atoms with Gasteiger partial charge in [-0.05, 0) is 36.4 Å². The molecule has 7 heteroatoms. The first-order valence-corrected chi connectivity index (χ1v) is 7.92. The smallest absolute Gasteiger partial charge is 0.182 e. The molecule has 2 rings (SSSR count). The van der Waals surface area contributed by atoms with E-state index in [4.69, 9.17) is 28.9 Å². The van der Waals surface area contributed by atoms with Gasteiger partial charge in [-0.1, -0.05) is 23.2 Å². The summed E-state index contributed by atoms with van der Waals surface area (Å²) in [4.78, 5) is -0.0175. The van der Waals surface area contributed by atoms with Crippen LogP contribution in [0.5, 0.6) is 0 Å². The maximum Gasteiger partial charge on any atom is 0.182 e. The Bertz CT molecular complexity index is 763. The number of sulfone groups is 1. The quantitative estimate of drug-likeness (QED) is 0.871. The second kappa shape index (κ2) is 5.60. The van der Waals surface area contributed by atoms with Crippen molar-refractivity contribution in [1.29, 1.82) is 0 Å². The van der Waals surface area contributed by atoms with Crippen molar-refractivity contribution in [3.63, 3.8) is 0 Å². The van der Waals surface area contributed by atoms with Crippen molar-refractivity contribution in [2.45, 2.75) is 10.6 Å². The Morgan fingerprint density at radius 3 is 2.45 bits per heavy atom. The zero-order valence-corrected chi connectivity index (χ0v) is 12.4. The Hall–Kier alpha value is -1.30. The summed E-state index contributed by atoms with van der Waals surface area (Å²) < 4.78 is 38.0. The van der Waals surface area contributed by atoms with Crippen LogP contribution in [0.2, 0.25) is 10.0 Å². The molecule has 0 saturated heterocycles. The molecule has 0 aliphatic rings. The lowest BCUT2D eigenvalue weighted by Gasteiger charge is -2.07. The van der Waals surface area contributed by atoms with Gasteiger partial charge in [0.05, 0.1) is 21.4 Å². The van der Waals surface area contributed by atoms with E-state index >= 15 is 0 Å². The zero-order valence-electron chi connectivity index (χ0n) is 10.1. The number of hydrogen-bond acceptors (Lipinski definition) is 3. The van der Waals surface area contributed by atoms with E-state index in [-0.39, 0.29) is 26.2 Å². The highest BCUT2D eigenvalue weighted by atomic mass is 35.5. The molecule has 0 saturated carbocycles. The lowest BCUT2D eigenvalue weighted by atomic mass is 10.2. The predicted octanol–water partition coefficient (Wildman–Crippen LogP) is 3.69. The average molecular weight is 334 g/mol. The van der Waals surface area contributed by atoms with Gasteiger partial charge in [-0.2, -0.15) is 0 Å². The van der Waals surface area contributed by atoms with E-state index in [1.165, 1.54) is 30.3 Å². The summed E-state index contributed by atoms with van der Waals surface area (Å²) in [6, 6.07) is 7.74. The van der Waals surface area contributed by atoms with Gasteiger partial charge in [0.25, 0.3) is 0 Å². The molecule has 0 fully saturated rings. The second-order valence-electron chi connectivity index (χ2n) is 4.18. The number of nitrogen functional groups attached to an aromatic ring is 1. The third kappa shape index (κ3) is 3.23. The molecule has 0 aliphatic carbocycles. The van der Waals surface area contributed by atoms with Crippen molar-refractivity contribution in [1.82, 2.24) is 0 Å². The van der Waals surface area contributed by atoms with E-state index < -0.39 is 21.4 Å². The van der Waals surface area contributed by atoms with Gasteiger partial charge in [0.15, 0.2) is 9.84 Å². The first-order valence-electron chi connectivity index (χ1n) is 5.51. The molecule has 0 unspecified atom stereocenters. The molecule has 2 aromatic carbocycles. The van der Waals surface area contributed by atoms with Gasteiger partial charge in [0, 0.05) is 10.6 Å². The SMILES string of the molecule is Nc1ccc(S(=O)(=O)Cc2cc(Cl)ccc2F)cc1Cl. The van der Waals surface area contributed by atoms with Gasteiger partial charge in [0.1, 0.15) is 5.82 Å². The molecule has 0 heterocycles. The van der Waals surface area contributed by atoms with Crippen molar-refractivity contribution in [2.75, 3.05) is 5.73 Å². The molecule has 0 bridgehead atoms. The number of halogens is 3. The Balaban J connectivity index is 2.40. The Morgan fingerprint density at radius 1 is 1.10 bits per heavy atom. The number of benzene rings is 2. The fourth-order valence-electron chi connectivity index (χ4n) is 1.64. The van der Waals surface area contributed by atoms with Crippen molar-refractivity contribution in [2.24, 2.45) is 0 Å². The van der Waals surface area contributed by atoms with Crippen LogP contribution in [-0.4, -0.2) is 8.42 Å². The van der Waals surface area contributed by atoms with E-state index in [1.54, 1.807) is 0 Å². The van der Waals surface area contributed by atoms with Crippen LogP contribution in [0.25, 0.3) is 0 Å². The molecule has 0 amide bonds. The van der Waals surface area contributed by atoms with Gasteiger partial charge in [-0.15, -0.1) is 0 Å². The highest BCUT2D eigenvalue weighted by Crippen LogP contribution is 2.26. The number of nitrogens with two attached hydrogens (primary N) is 1. The van der Waals surface area contributed by atoms with Crippen LogP contribution in [-0.2, 0) is 15.6 Å². The van der Waals surface area contributed by atoms with Crippen molar-refractivity contribution >= 4 is 38.7 Å². The third-order valence-corrected chi connectivity index (χ3v) is 4.91. The molecule has 106 valence electrons. The number of anilines is 1. The highest BCUT2D eigenvalue weighted by molar-refractivity contribution is 7.90. The van der Waals surface area contributed by atoms with Gasteiger partial charge >= 0.3 is 0 Å². The van der Waals surface area contributed by atoms with E-state index in [9.17, 15) is 12.8 Å². The van der Waals surface area contributed by atoms with E-state index in [0.29, 0.717) is 0 Å². The van der Waals surface area contributed by atoms with Crippen LogP contribution >= 0.6 is 23.2 Å². The first-order chi connectivity index (χ1) is 9.29. The zero-order chi connectivity index (χ0) is 14.9. The predicted molar refractivity (Wildman–Crippen MR) is 78.2 cm³/mol. The number of rotatable bonds is 3. The van der Waals surface area contributed by atoms with Crippen molar-refractivity contribution < 1.29 is 12.8 Å². The van der Waals surface area contributed by atoms with Crippen LogP contribution < -0.4 is 5.73 Å². The van der Waals surface area contributed by atoms with Gasteiger partial charge in [-0.3, -0.25) is 0 Å². The van der Waals surface area contributed by atoms with Gasteiger partial charge in [-0.25, -0.2) is 12.8 Å². The summed E-state index contributed by atoms with van der Waals surface area (Å²) in [6.45, 7) is 0. The third-order valence-electron chi connectivity index (χ3n) is 2.68. The summed E-state index contributed by atoms with van der Waals surface area (Å²) in [5, 5.41) is 0.407. The highest BCUT2D eigenvalue weighted by Gasteiger charge is 2.19. The molecular formula is C13H10Cl2FNO2S. The van der Waals surface area contributed by atoms with Crippen LogP contribution in [0.3, 0.4) is 0 Å². The summed E-state index contributed by atoms with van der Waals surface area (Å²) in [5.41, 5.74) is 5.81. The second-order valence-corrected chi connectivity index (χ2v) is 7.01. The lowest BCUT2D eigenvalue weighted by molar-refractivity contribution is 0.587. The molecule has 3 nitrogen and oxygen atoms in total. The standard InChI is InChI=1S/C13H10Cl2FNO2S/c14-9-1-3-12(16)8(5-9)7-20(18,19)10-2-4-13(17)11(15)6-10/h1-6H,7,17H2. The van der Waals surface area contributed by atoms with Crippen LogP contribution in [0, 0.1) is 5.82 Å². The minimum absolute atomic E-state index is 0.00504. The molecule has 0 spiro atoms. The molecule has 2 aromatic rings. The minimum atomic E-state index is -3.73. The van der Waals surface area contributed by atoms with E-state index in [2.05, 4.69) is 0 Å². The first kappa shape index (κ1) is 15.1. The topological polar surface area (TPSA) is 60.2 Å². The molecule has 0 aliphatic heterocycles. The molecular weight excluding hydrogens is 324 g/mol. The minimum Gasteiger partial charge on any atom is -0.398 e. The fraction of sp³-hybridized carbons (Fsp3) is 0.0769. The van der Waals surface area contributed by atoms with E-state index in [0.717, 1.165) is 6.07 Å². The lowest BCUT2D eigenvalue weighted by Crippen LogP contribution is -2.07. The average Bonchev–Trinajstić information content (AvgIpc) is 2.36. The monoisotopic (exact) mass is 333 g/mol.